The molecule has 0 bridgehead atoms. The lowest BCUT2D eigenvalue weighted by molar-refractivity contribution is -0.277. The van der Waals surface area contributed by atoms with Gasteiger partial charge < -0.3 is 35.0 Å². The molecule has 0 aromatic heterocycles. The molecule has 1 heterocycles. The molecule has 2 rings (SSSR count). The number of aliphatic hydroxyl groups is 4. The Balaban J connectivity index is 2.27. The molecule has 0 spiro atoms. The second kappa shape index (κ2) is 6.59. The first-order chi connectivity index (χ1) is 10.4. The van der Waals surface area contributed by atoms with Crippen LogP contribution >= 0.6 is 0 Å². The first-order valence-electron chi connectivity index (χ1n) is 6.67. The van der Waals surface area contributed by atoms with Crippen molar-refractivity contribution in [1.82, 2.24) is 0 Å². The fourth-order valence-electron chi connectivity index (χ4n) is 2.26. The fraction of sp³-hybridized carbons (Fsp3) is 0.500. The van der Waals surface area contributed by atoms with E-state index in [1.54, 1.807) is 0 Å². The van der Waals surface area contributed by atoms with Crippen LogP contribution in [-0.2, 0) is 4.74 Å². The standard InChI is InChI=1S/C14H18O8/c1-6(16)10-7(17)3-2-4-8(10)21-14-13(20)12(19)11(18)9(5-15)22-14/h2-4,9,11-15,17-20H,5H2,1H3/t9-,11+,12+,13-,14-/m0/s1. The Morgan fingerprint density at radius 1 is 1.23 bits per heavy atom. The zero-order valence-electron chi connectivity index (χ0n) is 11.8. The molecule has 0 radical (unpaired) electrons. The minimum Gasteiger partial charge on any atom is -0.507 e. The Morgan fingerprint density at radius 2 is 1.91 bits per heavy atom. The van der Waals surface area contributed by atoms with E-state index in [-0.39, 0.29) is 17.1 Å². The third-order valence-corrected chi connectivity index (χ3v) is 3.45. The van der Waals surface area contributed by atoms with Crippen LogP contribution in [0.25, 0.3) is 0 Å². The molecule has 0 aliphatic carbocycles. The van der Waals surface area contributed by atoms with Gasteiger partial charge in [-0.25, -0.2) is 0 Å². The van der Waals surface area contributed by atoms with Crippen molar-refractivity contribution in [2.45, 2.75) is 37.6 Å². The summed E-state index contributed by atoms with van der Waals surface area (Å²) in [6.07, 6.45) is -7.23. The summed E-state index contributed by atoms with van der Waals surface area (Å²) in [5.74, 6) is -0.802. The maximum atomic E-state index is 11.6. The second-order valence-electron chi connectivity index (χ2n) is 5.02. The van der Waals surface area contributed by atoms with Crippen LogP contribution in [0.2, 0.25) is 0 Å². The summed E-state index contributed by atoms with van der Waals surface area (Å²) in [6, 6.07) is 4.12. The number of benzene rings is 1. The van der Waals surface area contributed by atoms with Crippen LogP contribution in [0.1, 0.15) is 17.3 Å². The average Bonchev–Trinajstić information content (AvgIpc) is 2.47. The maximum Gasteiger partial charge on any atom is 0.229 e. The molecule has 122 valence electrons. The van der Waals surface area contributed by atoms with Crippen molar-refractivity contribution in [3.05, 3.63) is 23.8 Å². The molecule has 1 saturated heterocycles. The van der Waals surface area contributed by atoms with Gasteiger partial charge in [0.05, 0.1) is 6.61 Å². The Labute approximate surface area is 126 Å². The van der Waals surface area contributed by atoms with E-state index >= 15 is 0 Å². The van der Waals surface area contributed by atoms with Gasteiger partial charge in [-0.05, 0) is 19.1 Å². The third kappa shape index (κ3) is 3.06. The van der Waals surface area contributed by atoms with Gasteiger partial charge in [-0.3, -0.25) is 4.79 Å². The van der Waals surface area contributed by atoms with Crippen molar-refractivity contribution in [2.24, 2.45) is 0 Å². The number of carbonyl (C=O) groups is 1. The van der Waals surface area contributed by atoms with Gasteiger partial charge in [0.15, 0.2) is 5.78 Å². The van der Waals surface area contributed by atoms with E-state index in [4.69, 9.17) is 14.6 Å². The van der Waals surface area contributed by atoms with Crippen molar-refractivity contribution in [1.29, 1.82) is 0 Å². The molecular formula is C14H18O8. The lowest BCUT2D eigenvalue weighted by atomic mass is 9.99. The smallest absolute Gasteiger partial charge is 0.229 e. The summed E-state index contributed by atoms with van der Waals surface area (Å²) >= 11 is 0. The number of aromatic hydroxyl groups is 1. The predicted octanol–water partition coefficient (Wildman–Crippen LogP) is -1.23. The number of ketones is 1. The minimum absolute atomic E-state index is 0.0446. The number of phenolic OH excluding ortho intramolecular Hbond substituents is 1. The molecule has 22 heavy (non-hydrogen) atoms. The van der Waals surface area contributed by atoms with Crippen LogP contribution in [0.3, 0.4) is 0 Å². The van der Waals surface area contributed by atoms with Crippen LogP contribution in [0, 0.1) is 0 Å². The van der Waals surface area contributed by atoms with Gasteiger partial charge >= 0.3 is 0 Å². The molecule has 1 fully saturated rings. The molecule has 0 amide bonds. The van der Waals surface area contributed by atoms with Crippen LogP contribution in [-0.4, -0.2) is 68.6 Å². The molecule has 8 nitrogen and oxygen atoms in total. The van der Waals surface area contributed by atoms with E-state index in [9.17, 15) is 25.2 Å². The molecule has 5 atom stereocenters. The Morgan fingerprint density at radius 3 is 2.50 bits per heavy atom. The zero-order chi connectivity index (χ0) is 16.4. The van der Waals surface area contributed by atoms with E-state index in [0.29, 0.717) is 0 Å². The Hall–Kier alpha value is -1.71. The number of aliphatic hydroxyl groups excluding tert-OH is 4. The highest BCUT2D eigenvalue weighted by Gasteiger charge is 2.45. The summed E-state index contributed by atoms with van der Waals surface area (Å²) < 4.78 is 10.5. The summed E-state index contributed by atoms with van der Waals surface area (Å²) in [7, 11) is 0. The average molecular weight is 314 g/mol. The number of Topliss-reactive ketones (excluding diaryl/α,β-unsaturated/α-hetero) is 1. The van der Waals surface area contributed by atoms with Crippen LogP contribution in [0.5, 0.6) is 11.5 Å². The lowest BCUT2D eigenvalue weighted by Gasteiger charge is -2.39. The molecule has 0 saturated carbocycles. The van der Waals surface area contributed by atoms with Gasteiger partial charge in [-0.2, -0.15) is 0 Å². The second-order valence-corrected chi connectivity index (χ2v) is 5.02. The monoisotopic (exact) mass is 314 g/mol. The lowest BCUT2D eigenvalue weighted by Crippen LogP contribution is -2.60. The van der Waals surface area contributed by atoms with E-state index in [1.807, 2.05) is 0 Å². The zero-order valence-corrected chi connectivity index (χ0v) is 11.8. The Kier molecular flexibility index (Phi) is 4.99. The van der Waals surface area contributed by atoms with Crippen LogP contribution < -0.4 is 4.74 Å². The van der Waals surface area contributed by atoms with Crippen molar-refractivity contribution in [2.75, 3.05) is 6.61 Å². The number of carbonyl (C=O) groups excluding carboxylic acids is 1. The number of ether oxygens (including phenoxy) is 2. The normalized spacial score (nSPS) is 31.8. The first-order valence-corrected chi connectivity index (χ1v) is 6.67. The molecular weight excluding hydrogens is 296 g/mol. The molecule has 1 aromatic carbocycles. The van der Waals surface area contributed by atoms with Gasteiger partial charge in [-0.1, -0.05) is 6.07 Å². The van der Waals surface area contributed by atoms with E-state index in [1.165, 1.54) is 25.1 Å². The highest BCUT2D eigenvalue weighted by Crippen LogP contribution is 2.31. The van der Waals surface area contributed by atoms with Crippen molar-refractivity contribution in [3.63, 3.8) is 0 Å². The van der Waals surface area contributed by atoms with Crippen molar-refractivity contribution < 1.29 is 39.8 Å². The highest BCUT2D eigenvalue weighted by molar-refractivity contribution is 5.99. The van der Waals surface area contributed by atoms with Gasteiger partial charge in [0.2, 0.25) is 6.29 Å². The number of rotatable bonds is 4. The van der Waals surface area contributed by atoms with E-state index < -0.39 is 43.1 Å². The van der Waals surface area contributed by atoms with Crippen LogP contribution in [0.4, 0.5) is 0 Å². The number of phenols is 1. The van der Waals surface area contributed by atoms with E-state index in [2.05, 4.69) is 0 Å². The summed E-state index contributed by atoms with van der Waals surface area (Å²) in [6.45, 7) is 0.639. The first kappa shape index (κ1) is 16.7. The van der Waals surface area contributed by atoms with Gasteiger partial charge in [0.25, 0.3) is 0 Å². The highest BCUT2D eigenvalue weighted by atomic mass is 16.7. The summed E-state index contributed by atoms with van der Waals surface area (Å²) in [5.41, 5.74) is -0.0977. The third-order valence-electron chi connectivity index (χ3n) is 3.45. The molecule has 5 N–H and O–H groups in total. The molecule has 1 aliphatic rings. The Bertz CT molecular complexity index is 544. The van der Waals surface area contributed by atoms with Crippen molar-refractivity contribution in [3.8, 4) is 11.5 Å². The fourth-order valence-corrected chi connectivity index (χ4v) is 2.26. The number of hydrogen-bond acceptors (Lipinski definition) is 8. The SMILES string of the molecule is CC(=O)c1c(O)cccc1O[C@H]1O[C@@H](CO)[C@@H](O)[C@@H](O)[C@@H]1O. The molecule has 8 heteroatoms. The van der Waals surface area contributed by atoms with Gasteiger partial charge in [0, 0.05) is 0 Å². The molecule has 1 aromatic rings. The quantitative estimate of drug-likeness (QED) is 0.436. The van der Waals surface area contributed by atoms with Crippen LogP contribution in [0.15, 0.2) is 18.2 Å². The van der Waals surface area contributed by atoms with Gasteiger partial charge in [0.1, 0.15) is 41.5 Å². The molecule has 0 unspecified atom stereocenters. The summed E-state index contributed by atoms with van der Waals surface area (Å²) in [5, 5.41) is 48.1. The largest absolute Gasteiger partial charge is 0.507 e. The van der Waals surface area contributed by atoms with Crippen molar-refractivity contribution >= 4 is 5.78 Å². The number of hydrogen-bond donors (Lipinski definition) is 5. The molecule has 1 aliphatic heterocycles. The minimum atomic E-state index is -1.60. The summed E-state index contributed by atoms with van der Waals surface area (Å²) in [4.78, 5) is 11.6. The van der Waals surface area contributed by atoms with Gasteiger partial charge in [-0.15, -0.1) is 0 Å². The maximum absolute atomic E-state index is 11.6. The van der Waals surface area contributed by atoms with E-state index in [0.717, 1.165) is 0 Å². The predicted molar refractivity (Wildman–Crippen MR) is 72.5 cm³/mol. The topological polar surface area (TPSA) is 137 Å².